The summed E-state index contributed by atoms with van der Waals surface area (Å²) in [5.74, 6) is 0. The van der Waals surface area contributed by atoms with Gasteiger partial charge in [0.25, 0.3) is 0 Å². The molecule has 2 N–H and O–H groups in total. The summed E-state index contributed by atoms with van der Waals surface area (Å²) in [4.78, 5) is 6.12. The van der Waals surface area contributed by atoms with Crippen molar-refractivity contribution in [3.63, 3.8) is 0 Å². The van der Waals surface area contributed by atoms with Crippen molar-refractivity contribution in [3.05, 3.63) is 44.8 Å². The van der Waals surface area contributed by atoms with Gasteiger partial charge in [-0.3, -0.25) is 4.40 Å². The van der Waals surface area contributed by atoms with Gasteiger partial charge in [0.15, 0.2) is 10.1 Å². The molecule has 3 aromatic heterocycles. The van der Waals surface area contributed by atoms with Crippen molar-refractivity contribution in [2.24, 2.45) is 0 Å². The van der Waals surface area contributed by atoms with Crippen LogP contribution >= 0.6 is 34.3 Å². The van der Waals surface area contributed by atoms with Crippen LogP contribution in [-0.2, 0) is 12.1 Å². The standard InChI is InChI=1S/C13H14ClN3OS2/c1-13(18,10-3-2-5-19-10)8-15-7-9-11(14)16-12-17(9)4-6-20-12/h2-6,15,18H,7-8H2,1H3. The van der Waals surface area contributed by atoms with Crippen molar-refractivity contribution in [2.75, 3.05) is 6.54 Å². The molecule has 0 spiro atoms. The highest BCUT2D eigenvalue weighted by molar-refractivity contribution is 7.15. The van der Waals surface area contributed by atoms with Crippen molar-refractivity contribution < 1.29 is 5.11 Å². The lowest BCUT2D eigenvalue weighted by Gasteiger charge is -2.22. The smallest absolute Gasteiger partial charge is 0.195 e. The number of hydrogen-bond acceptors (Lipinski definition) is 5. The molecule has 0 radical (unpaired) electrons. The van der Waals surface area contributed by atoms with E-state index < -0.39 is 5.60 Å². The Hall–Kier alpha value is -0.920. The van der Waals surface area contributed by atoms with E-state index in [9.17, 15) is 5.11 Å². The van der Waals surface area contributed by atoms with Gasteiger partial charge in [-0.05, 0) is 18.4 Å². The maximum Gasteiger partial charge on any atom is 0.195 e. The molecule has 20 heavy (non-hydrogen) atoms. The highest BCUT2D eigenvalue weighted by Crippen LogP contribution is 2.25. The minimum atomic E-state index is -0.876. The van der Waals surface area contributed by atoms with Gasteiger partial charge < -0.3 is 10.4 Å². The van der Waals surface area contributed by atoms with Gasteiger partial charge in [-0.15, -0.1) is 22.7 Å². The van der Waals surface area contributed by atoms with Crippen molar-refractivity contribution in [1.82, 2.24) is 14.7 Å². The molecular weight excluding hydrogens is 314 g/mol. The molecule has 1 atom stereocenters. The summed E-state index contributed by atoms with van der Waals surface area (Å²) in [7, 11) is 0. The van der Waals surface area contributed by atoms with Crippen LogP contribution in [0.25, 0.3) is 4.96 Å². The molecule has 0 amide bonds. The van der Waals surface area contributed by atoms with E-state index in [4.69, 9.17) is 11.6 Å². The summed E-state index contributed by atoms with van der Waals surface area (Å²) in [6.45, 7) is 2.84. The van der Waals surface area contributed by atoms with Gasteiger partial charge in [0.1, 0.15) is 5.60 Å². The van der Waals surface area contributed by atoms with E-state index in [0.717, 1.165) is 15.5 Å². The molecule has 0 saturated heterocycles. The molecule has 0 aliphatic carbocycles. The largest absolute Gasteiger partial charge is 0.383 e. The van der Waals surface area contributed by atoms with E-state index in [1.54, 1.807) is 22.7 Å². The first-order valence-corrected chi connectivity index (χ1v) is 8.29. The summed E-state index contributed by atoms with van der Waals surface area (Å²) >= 11 is 9.24. The number of thiazole rings is 1. The van der Waals surface area contributed by atoms with Gasteiger partial charge in [-0.25, -0.2) is 4.98 Å². The topological polar surface area (TPSA) is 49.6 Å². The Morgan fingerprint density at radius 3 is 3.05 bits per heavy atom. The minimum Gasteiger partial charge on any atom is -0.383 e. The van der Waals surface area contributed by atoms with Crippen LogP contribution in [0.3, 0.4) is 0 Å². The summed E-state index contributed by atoms with van der Waals surface area (Å²) in [6.07, 6.45) is 1.95. The molecule has 1 unspecified atom stereocenters. The third-order valence-corrected chi connectivity index (χ3v) is 5.31. The van der Waals surface area contributed by atoms with Crippen molar-refractivity contribution >= 4 is 39.2 Å². The summed E-state index contributed by atoms with van der Waals surface area (Å²) in [5, 5.41) is 18.2. The fourth-order valence-electron chi connectivity index (χ4n) is 2.06. The lowest BCUT2D eigenvalue weighted by Crippen LogP contribution is -2.34. The quantitative estimate of drug-likeness (QED) is 0.757. The Balaban J connectivity index is 1.68. The van der Waals surface area contributed by atoms with E-state index in [2.05, 4.69) is 10.3 Å². The zero-order valence-electron chi connectivity index (χ0n) is 10.8. The Bertz CT molecular complexity index is 702. The first-order valence-electron chi connectivity index (χ1n) is 6.15. The number of nitrogens with one attached hydrogen (secondary N) is 1. The van der Waals surface area contributed by atoms with Gasteiger partial charge in [-0.1, -0.05) is 17.7 Å². The number of hydrogen-bond donors (Lipinski definition) is 2. The molecule has 4 nitrogen and oxygen atoms in total. The maximum atomic E-state index is 10.4. The predicted molar refractivity (Wildman–Crippen MR) is 83.7 cm³/mol. The molecule has 3 aromatic rings. The van der Waals surface area contributed by atoms with Crippen LogP contribution in [0.4, 0.5) is 0 Å². The SMILES string of the molecule is CC(O)(CNCc1c(Cl)nc2sccn12)c1cccs1. The lowest BCUT2D eigenvalue weighted by atomic mass is 10.1. The average Bonchev–Trinajstić information content (AvgIpc) is 3.08. The Morgan fingerprint density at radius 2 is 2.30 bits per heavy atom. The van der Waals surface area contributed by atoms with E-state index in [1.807, 2.05) is 40.4 Å². The highest BCUT2D eigenvalue weighted by atomic mass is 35.5. The molecule has 106 valence electrons. The Kier molecular flexibility index (Phi) is 3.83. The predicted octanol–water partition coefficient (Wildman–Crippen LogP) is 3.11. The van der Waals surface area contributed by atoms with Crippen LogP contribution in [0.15, 0.2) is 29.1 Å². The first kappa shape index (κ1) is 14.0. The number of aliphatic hydroxyl groups is 1. The third-order valence-electron chi connectivity index (χ3n) is 3.13. The van der Waals surface area contributed by atoms with Crippen LogP contribution in [0.2, 0.25) is 5.15 Å². The molecule has 3 rings (SSSR count). The molecule has 0 aliphatic rings. The van der Waals surface area contributed by atoms with E-state index in [0.29, 0.717) is 18.2 Å². The second-order valence-electron chi connectivity index (χ2n) is 4.76. The fraction of sp³-hybridized carbons (Fsp3) is 0.308. The van der Waals surface area contributed by atoms with Crippen LogP contribution in [0.5, 0.6) is 0 Å². The van der Waals surface area contributed by atoms with Crippen LogP contribution in [0, 0.1) is 0 Å². The van der Waals surface area contributed by atoms with Crippen LogP contribution < -0.4 is 5.32 Å². The Labute approximate surface area is 129 Å². The first-order chi connectivity index (χ1) is 9.58. The highest BCUT2D eigenvalue weighted by Gasteiger charge is 2.24. The molecule has 0 aliphatic heterocycles. The number of halogens is 1. The van der Waals surface area contributed by atoms with Gasteiger partial charge >= 0.3 is 0 Å². The van der Waals surface area contributed by atoms with Crippen LogP contribution in [0.1, 0.15) is 17.5 Å². The molecule has 0 aromatic carbocycles. The maximum absolute atomic E-state index is 10.4. The normalized spacial score (nSPS) is 14.8. The average molecular weight is 328 g/mol. The number of aromatic nitrogens is 2. The second-order valence-corrected chi connectivity index (χ2v) is 6.94. The van der Waals surface area contributed by atoms with Gasteiger partial charge in [0, 0.05) is 29.5 Å². The molecule has 0 saturated carbocycles. The number of fused-ring (bicyclic) bond motifs is 1. The third kappa shape index (κ3) is 2.62. The van der Waals surface area contributed by atoms with E-state index in [-0.39, 0.29) is 0 Å². The number of rotatable bonds is 5. The summed E-state index contributed by atoms with van der Waals surface area (Å²) in [5.41, 5.74) is 0.0453. The lowest BCUT2D eigenvalue weighted by molar-refractivity contribution is 0.0603. The van der Waals surface area contributed by atoms with Crippen molar-refractivity contribution in [2.45, 2.75) is 19.1 Å². The van der Waals surface area contributed by atoms with Crippen LogP contribution in [-0.4, -0.2) is 21.0 Å². The number of thiophene rings is 1. The fourth-order valence-corrected chi connectivity index (χ4v) is 3.87. The zero-order valence-corrected chi connectivity index (χ0v) is 13.2. The number of imidazole rings is 1. The van der Waals surface area contributed by atoms with Gasteiger partial charge in [0.05, 0.1) is 5.69 Å². The number of nitrogens with zero attached hydrogens (tertiary/aromatic N) is 2. The molecule has 0 bridgehead atoms. The summed E-state index contributed by atoms with van der Waals surface area (Å²) in [6, 6.07) is 3.88. The van der Waals surface area contributed by atoms with Gasteiger partial charge in [-0.2, -0.15) is 0 Å². The summed E-state index contributed by atoms with van der Waals surface area (Å²) < 4.78 is 1.97. The molecule has 0 fully saturated rings. The monoisotopic (exact) mass is 327 g/mol. The molecule has 3 heterocycles. The van der Waals surface area contributed by atoms with Crippen molar-refractivity contribution in [1.29, 1.82) is 0 Å². The zero-order chi connectivity index (χ0) is 14.2. The van der Waals surface area contributed by atoms with E-state index in [1.165, 1.54) is 0 Å². The van der Waals surface area contributed by atoms with E-state index >= 15 is 0 Å². The molecular formula is C13H14ClN3OS2. The second kappa shape index (κ2) is 5.46. The van der Waals surface area contributed by atoms with Gasteiger partial charge in [0.2, 0.25) is 0 Å². The minimum absolute atomic E-state index is 0.460. The molecule has 7 heteroatoms. The Morgan fingerprint density at radius 1 is 1.45 bits per heavy atom. The van der Waals surface area contributed by atoms with Crippen molar-refractivity contribution in [3.8, 4) is 0 Å².